The van der Waals surface area contributed by atoms with Gasteiger partial charge in [-0.25, -0.2) is 13.6 Å². The van der Waals surface area contributed by atoms with E-state index in [2.05, 4.69) is 21.7 Å². The first-order valence-electron chi connectivity index (χ1n) is 2.14. The van der Waals surface area contributed by atoms with Crippen LogP contribution in [-0.4, -0.2) is 16.6 Å². The van der Waals surface area contributed by atoms with Gasteiger partial charge in [0.15, 0.2) is 0 Å². The Morgan fingerprint density at radius 3 is 2.33 bits per heavy atom. The molecule has 1 aliphatic rings. The van der Waals surface area contributed by atoms with Crippen LogP contribution >= 0.6 is 20.5 Å². The van der Waals surface area contributed by atoms with Gasteiger partial charge >= 0.3 is 7.82 Å². The van der Waals surface area contributed by atoms with Crippen LogP contribution in [0.2, 0.25) is 0 Å². The van der Waals surface area contributed by atoms with Gasteiger partial charge in [0, 0.05) is 0 Å². The Morgan fingerprint density at radius 1 is 1.78 bits per heavy atom. The Bertz CT molecular complexity index is 162. The predicted molar refractivity (Wildman–Crippen MR) is 32.8 cm³/mol. The van der Waals surface area contributed by atoms with Crippen molar-refractivity contribution in [3.05, 3.63) is 0 Å². The van der Waals surface area contributed by atoms with Crippen molar-refractivity contribution in [2.75, 3.05) is 6.54 Å². The number of phosphoric acid groups is 1. The lowest BCUT2D eigenvalue weighted by molar-refractivity contribution is -0.138. The van der Waals surface area contributed by atoms with E-state index >= 15 is 0 Å². The van der Waals surface area contributed by atoms with Crippen molar-refractivity contribution >= 4 is 20.5 Å². The lowest BCUT2D eigenvalue weighted by Crippen LogP contribution is -2.43. The third kappa shape index (κ3) is 1.46. The lowest BCUT2D eigenvalue weighted by Gasteiger charge is -2.37. The van der Waals surface area contributed by atoms with E-state index in [0.29, 0.717) is 0 Å². The Labute approximate surface area is 57.2 Å². The standard InChI is InChI=1S/C2H6NO4PS/c3-1-2(9)6-8(4,5)7-2/h9H,1,3H2,(H,4,5). The second-order valence-corrected chi connectivity index (χ2v) is 3.55. The molecule has 0 aliphatic carbocycles. The molecule has 0 amide bonds. The van der Waals surface area contributed by atoms with Crippen LogP contribution in [0, 0.1) is 0 Å². The fourth-order valence-electron chi connectivity index (χ4n) is 0.442. The van der Waals surface area contributed by atoms with Crippen molar-refractivity contribution in [1.29, 1.82) is 0 Å². The number of rotatable bonds is 1. The predicted octanol–water partition coefficient (Wildman–Crippen LogP) is -0.324. The summed E-state index contributed by atoms with van der Waals surface area (Å²) in [6.07, 6.45) is 0. The molecule has 0 atom stereocenters. The highest BCUT2D eigenvalue weighted by atomic mass is 32.1. The second-order valence-electron chi connectivity index (χ2n) is 1.57. The van der Waals surface area contributed by atoms with Crippen LogP contribution in [0.3, 0.4) is 0 Å². The van der Waals surface area contributed by atoms with Crippen molar-refractivity contribution < 1.29 is 18.5 Å². The van der Waals surface area contributed by atoms with Crippen LogP contribution in [0.1, 0.15) is 0 Å². The molecule has 5 nitrogen and oxygen atoms in total. The summed E-state index contributed by atoms with van der Waals surface area (Å²) in [5.74, 6) is 0. The van der Waals surface area contributed by atoms with E-state index < -0.39 is 12.9 Å². The van der Waals surface area contributed by atoms with Gasteiger partial charge in [0.25, 0.3) is 0 Å². The van der Waals surface area contributed by atoms with Gasteiger partial charge in [0.1, 0.15) is 0 Å². The monoisotopic (exact) mass is 171 g/mol. The Morgan fingerprint density at radius 2 is 2.22 bits per heavy atom. The first kappa shape index (κ1) is 7.53. The lowest BCUT2D eigenvalue weighted by atomic mass is 10.6. The van der Waals surface area contributed by atoms with Gasteiger partial charge in [0.2, 0.25) is 5.12 Å². The molecule has 3 N–H and O–H groups in total. The molecule has 54 valence electrons. The molecular formula is C2H6NO4PS. The Balaban J connectivity index is 2.51. The zero-order valence-corrected chi connectivity index (χ0v) is 6.14. The summed E-state index contributed by atoms with van der Waals surface area (Å²) in [5.41, 5.74) is 5.03. The summed E-state index contributed by atoms with van der Waals surface area (Å²) in [5, 5.41) is -1.34. The van der Waals surface area contributed by atoms with Crippen LogP contribution in [0.25, 0.3) is 0 Å². The minimum Gasteiger partial charge on any atom is -0.325 e. The number of phosphoric ester groups is 1. The highest BCUT2D eigenvalue weighted by molar-refractivity contribution is 7.82. The third-order valence-corrected chi connectivity index (χ3v) is 2.48. The quantitative estimate of drug-likeness (QED) is 0.372. The van der Waals surface area contributed by atoms with Crippen molar-refractivity contribution in [3.63, 3.8) is 0 Å². The van der Waals surface area contributed by atoms with Crippen LogP contribution in [-0.2, 0) is 13.6 Å². The third-order valence-electron chi connectivity index (χ3n) is 0.774. The molecule has 0 bridgehead atoms. The largest absolute Gasteiger partial charge is 0.478 e. The van der Waals surface area contributed by atoms with Gasteiger partial charge in [-0.05, 0) is 0 Å². The molecule has 7 heteroatoms. The molecule has 0 aromatic carbocycles. The van der Waals surface area contributed by atoms with Gasteiger partial charge in [-0.15, -0.1) is 12.6 Å². The molecule has 1 saturated heterocycles. The van der Waals surface area contributed by atoms with Gasteiger partial charge in [0.05, 0.1) is 6.54 Å². The normalized spacial score (nSPS) is 50.6. The van der Waals surface area contributed by atoms with E-state index in [4.69, 9.17) is 10.6 Å². The second kappa shape index (κ2) is 1.95. The first-order chi connectivity index (χ1) is 3.97. The van der Waals surface area contributed by atoms with E-state index in [-0.39, 0.29) is 6.54 Å². The molecule has 1 rings (SSSR count). The molecular weight excluding hydrogens is 165 g/mol. The van der Waals surface area contributed by atoms with E-state index in [1.807, 2.05) is 0 Å². The number of nitrogens with two attached hydrogens (primary N) is 1. The van der Waals surface area contributed by atoms with Crippen LogP contribution in [0.15, 0.2) is 0 Å². The first-order valence-corrected chi connectivity index (χ1v) is 4.08. The average molecular weight is 171 g/mol. The smallest absolute Gasteiger partial charge is 0.325 e. The molecule has 1 aliphatic heterocycles. The molecule has 0 unspecified atom stereocenters. The summed E-state index contributed by atoms with van der Waals surface area (Å²) < 4.78 is 18.8. The molecule has 1 fully saturated rings. The summed E-state index contributed by atoms with van der Waals surface area (Å²) >= 11 is 3.69. The van der Waals surface area contributed by atoms with Gasteiger partial charge in [-0.3, -0.25) is 0 Å². The van der Waals surface area contributed by atoms with Gasteiger partial charge < -0.3 is 10.6 Å². The maximum atomic E-state index is 10.3. The zero-order chi connectivity index (χ0) is 7.12. The van der Waals surface area contributed by atoms with Crippen molar-refractivity contribution in [1.82, 2.24) is 0 Å². The molecule has 0 radical (unpaired) electrons. The summed E-state index contributed by atoms with van der Waals surface area (Å²) in [6, 6.07) is 0. The molecule has 0 aromatic heterocycles. The molecule has 1 heterocycles. The molecule has 0 saturated carbocycles. The van der Waals surface area contributed by atoms with E-state index in [0.717, 1.165) is 0 Å². The zero-order valence-electron chi connectivity index (χ0n) is 4.35. The molecule has 0 aromatic rings. The van der Waals surface area contributed by atoms with Crippen molar-refractivity contribution in [2.24, 2.45) is 5.73 Å². The minimum absolute atomic E-state index is 0.0549. The van der Waals surface area contributed by atoms with E-state index in [1.54, 1.807) is 0 Å². The van der Waals surface area contributed by atoms with Crippen LogP contribution < -0.4 is 5.73 Å². The Hall–Kier alpha value is 0.420. The summed E-state index contributed by atoms with van der Waals surface area (Å²) in [6.45, 7) is -0.0549. The highest BCUT2D eigenvalue weighted by Gasteiger charge is 2.52. The van der Waals surface area contributed by atoms with Crippen LogP contribution in [0.4, 0.5) is 0 Å². The number of thiol groups is 1. The van der Waals surface area contributed by atoms with Gasteiger partial charge in [-0.2, -0.15) is 0 Å². The SMILES string of the molecule is NCC1(S)OP(=O)(O)O1. The minimum atomic E-state index is -3.76. The fourth-order valence-corrected chi connectivity index (χ4v) is 1.94. The fraction of sp³-hybridized carbons (Fsp3) is 1.00. The topological polar surface area (TPSA) is 81.8 Å². The molecule has 9 heavy (non-hydrogen) atoms. The summed E-state index contributed by atoms with van der Waals surface area (Å²) in [7, 11) is -3.76. The number of hydrogen-bond acceptors (Lipinski definition) is 5. The maximum Gasteiger partial charge on any atom is 0.478 e. The van der Waals surface area contributed by atoms with Crippen molar-refractivity contribution in [2.45, 2.75) is 5.12 Å². The maximum absolute atomic E-state index is 10.3. The van der Waals surface area contributed by atoms with Crippen molar-refractivity contribution in [3.8, 4) is 0 Å². The van der Waals surface area contributed by atoms with Gasteiger partial charge in [-0.1, -0.05) is 0 Å². The Kier molecular flexibility index (Phi) is 1.63. The van der Waals surface area contributed by atoms with Crippen LogP contribution in [0.5, 0.6) is 0 Å². The number of hydrogen-bond donors (Lipinski definition) is 3. The van der Waals surface area contributed by atoms with E-state index in [9.17, 15) is 4.57 Å². The van der Waals surface area contributed by atoms with E-state index in [1.165, 1.54) is 0 Å². The average Bonchev–Trinajstić information content (AvgIpc) is 1.61. The summed E-state index contributed by atoms with van der Waals surface area (Å²) in [4.78, 5) is 8.39. The highest BCUT2D eigenvalue weighted by Crippen LogP contribution is 2.62. The molecule has 0 spiro atoms.